The molecule has 1 aliphatic rings. The second-order valence-electron chi connectivity index (χ2n) is 7.15. The number of anilines is 1. The van der Waals surface area contributed by atoms with Crippen molar-refractivity contribution in [3.05, 3.63) is 42.5 Å². The second-order valence-corrected chi connectivity index (χ2v) is 7.62. The summed E-state index contributed by atoms with van der Waals surface area (Å²) in [5.41, 5.74) is 1.20. The van der Waals surface area contributed by atoms with Gasteiger partial charge in [0, 0.05) is 12.7 Å². The summed E-state index contributed by atoms with van der Waals surface area (Å²) in [7, 11) is 2.17. The monoisotopic (exact) mass is 291 g/mol. The van der Waals surface area contributed by atoms with Crippen molar-refractivity contribution in [3.8, 4) is 0 Å². The van der Waals surface area contributed by atoms with Gasteiger partial charge in [-0.2, -0.15) is 0 Å². The number of likely N-dealkylation sites (N-methyl/N-ethyl adjacent to an activating group) is 1. The summed E-state index contributed by atoms with van der Waals surface area (Å²) in [6.45, 7) is 11.5. The molecule has 0 radical (unpaired) electrons. The van der Waals surface area contributed by atoms with E-state index >= 15 is 0 Å². The minimum atomic E-state index is -0.0801. The Morgan fingerprint density at radius 3 is 2.10 bits per heavy atom. The van der Waals surface area contributed by atoms with Gasteiger partial charge in [0.25, 0.3) is 0 Å². The van der Waals surface area contributed by atoms with Crippen molar-refractivity contribution in [2.24, 2.45) is 10.8 Å². The Morgan fingerprint density at radius 1 is 1.00 bits per heavy atom. The molecule has 2 heteroatoms. The molecule has 1 aliphatic carbocycles. The Bertz CT molecular complexity index is 503. The van der Waals surface area contributed by atoms with Crippen LogP contribution in [-0.2, 0) is 0 Å². The van der Waals surface area contributed by atoms with Crippen molar-refractivity contribution >= 4 is 17.3 Å². The highest BCUT2D eigenvalue weighted by atomic mass is 35.5. The Balaban J connectivity index is 2.51. The molecule has 110 valence electrons. The second kappa shape index (κ2) is 4.80. The third-order valence-electron chi connectivity index (χ3n) is 6.00. The predicted molar refractivity (Wildman–Crippen MR) is 89.6 cm³/mol. The number of hydrogen-bond acceptors (Lipinski definition) is 1. The minimum Gasteiger partial charge on any atom is -0.365 e. The van der Waals surface area contributed by atoms with E-state index in [0.29, 0.717) is 0 Å². The fraction of sp³-hybridized carbons (Fsp3) is 0.556. The third-order valence-corrected chi connectivity index (χ3v) is 6.69. The molecule has 20 heavy (non-hydrogen) atoms. The highest BCUT2D eigenvalue weighted by Crippen LogP contribution is 2.56. The first-order valence-corrected chi connectivity index (χ1v) is 7.70. The molecule has 0 spiro atoms. The zero-order valence-corrected chi connectivity index (χ0v) is 14.2. The van der Waals surface area contributed by atoms with Gasteiger partial charge in [-0.05, 0) is 29.9 Å². The number of para-hydroxylation sites is 1. The lowest BCUT2D eigenvalue weighted by atomic mass is 9.53. The van der Waals surface area contributed by atoms with Crippen LogP contribution < -0.4 is 4.90 Å². The van der Waals surface area contributed by atoms with Crippen molar-refractivity contribution in [2.45, 2.75) is 45.5 Å². The average Bonchev–Trinajstić information content (AvgIpc) is 2.42. The molecule has 0 saturated carbocycles. The van der Waals surface area contributed by atoms with Crippen LogP contribution in [0.2, 0.25) is 0 Å². The maximum absolute atomic E-state index is 6.57. The Hall–Kier alpha value is -0.950. The lowest BCUT2D eigenvalue weighted by Crippen LogP contribution is -2.63. The minimum absolute atomic E-state index is 0.0150. The maximum atomic E-state index is 6.57. The van der Waals surface area contributed by atoms with Crippen LogP contribution in [0.1, 0.15) is 34.6 Å². The summed E-state index contributed by atoms with van der Waals surface area (Å²) < 4.78 is 0. The molecule has 1 aromatic carbocycles. The van der Waals surface area contributed by atoms with Crippen LogP contribution in [-0.4, -0.2) is 18.0 Å². The van der Waals surface area contributed by atoms with E-state index in [9.17, 15) is 0 Å². The number of alkyl halides is 1. The molecule has 2 unspecified atom stereocenters. The van der Waals surface area contributed by atoms with E-state index in [1.54, 1.807) is 0 Å². The van der Waals surface area contributed by atoms with Crippen molar-refractivity contribution in [1.29, 1.82) is 0 Å². The van der Waals surface area contributed by atoms with E-state index in [-0.39, 0.29) is 21.7 Å². The van der Waals surface area contributed by atoms with Gasteiger partial charge in [0.15, 0.2) is 0 Å². The molecule has 1 aromatic rings. The molecule has 2 atom stereocenters. The summed E-state index contributed by atoms with van der Waals surface area (Å²) in [5.74, 6) is 0. The average molecular weight is 292 g/mol. The molecule has 0 fully saturated rings. The van der Waals surface area contributed by atoms with Gasteiger partial charge in [0.05, 0.1) is 10.9 Å². The van der Waals surface area contributed by atoms with Crippen LogP contribution >= 0.6 is 11.6 Å². The zero-order chi connectivity index (χ0) is 15.2. The summed E-state index contributed by atoms with van der Waals surface area (Å²) >= 11 is 6.57. The number of allylic oxidation sites excluding steroid dienone is 1. The van der Waals surface area contributed by atoms with E-state index < -0.39 is 0 Å². The Kier molecular flexibility index (Phi) is 3.71. The fourth-order valence-corrected chi connectivity index (χ4v) is 3.51. The number of nitrogens with zero attached hydrogens (tertiary/aromatic N) is 1. The first-order chi connectivity index (χ1) is 9.14. The largest absolute Gasteiger partial charge is 0.365 e. The van der Waals surface area contributed by atoms with Crippen molar-refractivity contribution in [1.82, 2.24) is 0 Å². The molecule has 0 aliphatic heterocycles. The molecule has 2 rings (SSSR count). The fourth-order valence-electron chi connectivity index (χ4n) is 3.17. The van der Waals surface area contributed by atoms with Gasteiger partial charge in [0.2, 0.25) is 0 Å². The molecule has 0 saturated heterocycles. The number of benzene rings is 1. The van der Waals surface area contributed by atoms with Crippen LogP contribution in [0.25, 0.3) is 0 Å². The van der Waals surface area contributed by atoms with E-state index in [2.05, 4.69) is 89.1 Å². The topological polar surface area (TPSA) is 3.24 Å². The molecular weight excluding hydrogens is 266 g/mol. The van der Waals surface area contributed by atoms with Gasteiger partial charge in [-0.3, -0.25) is 0 Å². The first-order valence-electron chi connectivity index (χ1n) is 7.27. The standard InChI is InChI=1S/C18H26ClN/c1-16(2)15(19)12-13-18(5,17(16,3)4)20(6)14-10-8-7-9-11-14/h7-13,15H,1-6H3. The van der Waals surface area contributed by atoms with Gasteiger partial charge in [-0.1, -0.05) is 58.0 Å². The molecule has 1 nitrogen and oxygen atoms in total. The number of rotatable bonds is 2. The van der Waals surface area contributed by atoms with Gasteiger partial charge in [0.1, 0.15) is 0 Å². The van der Waals surface area contributed by atoms with Crippen LogP contribution in [0.15, 0.2) is 42.5 Å². The van der Waals surface area contributed by atoms with Gasteiger partial charge < -0.3 is 4.90 Å². The normalized spacial score (nSPS) is 31.1. The summed E-state index contributed by atoms with van der Waals surface area (Å²) in [4.78, 5) is 2.37. The Labute approximate surface area is 128 Å². The quantitative estimate of drug-likeness (QED) is 0.540. The van der Waals surface area contributed by atoms with E-state index in [1.807, 2.05) is 0 Å². The van der Waals surface area contributed by atoms with Gasteiger partial charge in [-0.15, -0.1) is 11.6 Å². The van der Waals surface area contributed by atoms with Crippen LogP contribution in [0, 0.1) is 10.8 Å². The van der Waals surface area contributed by atoms with E-state index in [1.165, 1.54) is 5.69 Å². The molecule has 0 aromatic heterocycles. The SMILES string of the molecule is CN(c1ccccc1)C1(C)C=CC(Cl)C(C)(C)C1(C)C. The van der Waals surface area contributed by atoms with Crippen LogP contribution in [0.4, 0.5) is 5.69 Å². The van der Waals surface area contributed by atoms with Gasteiger partial charge >= 0.3 is 0 Å². The van der Waals surface area contributed by atoms with Crippen molar-refractivity contribution < 1.29 is 0 Å². The lowest BCUT2D eigenvalue weighted by Gasteiger charge is -2.60. The molecule has 0 N–H and O–H groups in total. The molecule has 0 amide bonds. The van der Waals surface area contributed by atoms with Gasteiger partial charge in [-0.25, -0.2) is 0 Å². The van der Waals surface area contributed by atoms with Crippen molar-refractivity contribution in [3.63, 3.8) is 0 Å². The first kappa shape index (κ1) is 15.4. The van der Waals surface area contributed by atoms with E-state index in [0.717, 1.165) is 0 Å². The maximum Gasteiger partial charge on any atom is 0.0610 e. The molecular formula is C18H26ClN. The molecule has 0 heterocycles. The van der Waals surface area contributed by atoms with Crippen molar-refractivity contribution in [2.75, 3.05) is 11.9 Å². The highest BCUT2D eigenvalue weighted by Gasteiger charge is 2.56. The van der Waals surface area contributed by atoms with E-state index in [4.69, 9.17) is 11.6 Å². The predicted octanol–water partition coefficient (Wildman–Crippen LogP) is 5.11. The summed E-state index contributed by atoms with van der Waals surface area (Å²) in [6.07, 6.45) is 4.44. The smallest absolute Gasteiger partial charge is 0.0610 e. The summed E-state index contributed by atoms with van der Waals surface area (Å²) in [6, 6.07) is 10.6. The summed E-state index contributed by atoms with van der Waals surface area (Å²) in [5, 5.41) is 0.0646. The van der Waals surface area contributed by atoms with Crippen LogP contribution in [0.3, 0.4) is 0 Å². The Morgan fingerprint density at radius 2 is 1.55 bits per heavy atom. The molecule has 0 bridgehead atoms. The highest BCUT2D eigenvalue weighted by molar-refractivity contribution is 6.22. The third kappa shape index (κ3) is 1.98. The number of hydrogen-bond donors (Lipinski definition) is 0. The zero-order valence-electron chi connectivity index (χ0n) is 13.4. The van der Waals surface area contributed by atoms with Crippen LogP contribution in [0.5, 0.6) is 0 Å². The number of halogens is 1. The lowest BCUT2D eigenvalue weighted by molar-refractivity contribution is 0.0424.